The summed E-state index contributed by atoms with van der Waals surface area (Å²) in [5.74, 6) is 2.88. The molecule has 0 unspecified atom stereocenters. The van der Waals surface area contributed by atoms with Crippen molar-refractivity contribution in [1.29, 1.82) is 0 Å². The van der Waals surface area contributed by atoms with E-state index in [0.29, 0.717) is 11.5 Å². The van der Waals surface area contributed by atoms with Crippen LogP contribution in [-0.4, -0.2) is 53.2 Å². The topological polar surface area (TPSA) is 58.1 Å². The van der Waals surface area contributed by atoms with Gasteiger partial charge in [-0.05, 0) is 30.1 Å². The van der Waals surface area contributed by atoms with E-state index in [2.05, 4.69) is 22.4 Å². The van der Waals surface area contributed by atoms with Gasteiger partial charge in [0.15, 0.2) is 5.69 Å². The Kier molecular flexibility index (Phi) is 6.49. The van der Waals surface area contributed by atoms with Gasteiger partial charge >= 0.3 is 0 Å². The molecule has 1 rings (SSSR count). The maximum absolute atomic E-state index is 11.6. The fourth-order valence-electron chi connectivity index (χ4n) is 1.30. The van der Waals surface area contributed by atoms with Crippen molar-refractivity contribution >= 4 is 23.5 Å². The Bertz CT molecular complexity index is 367. The van der Waals surface area contributed by atoms with E-state index in [1.807, 2.05) is 11.8 Å². The molecular weight excluding hydrogens is 248 g/mol. The number of rotatable bonds is 7. The Morgan fingerprint density at radius 1 is 1.39 bits per heavy atom. The molecule has 100 valence electrons. The highest BCUT2D eigenvalue weighted by Crippen LogP contribution is 2.05. The third kappa shape index (κ3) is 4.91. The van der Waals surface area contributed by atoms with Crippen LogP contribution in [0.15, 0.2) is 12.1 Å². The summed E-state index contributed by atoms with van der Waals surface area (Å²) in [6.45, 7) is 3.03. The van der Waals surface area contributed by atoms with Crippen LogP contribution in [0.5, 0.6) is 0 Å². The zero-order valence-corrected chi connectivity index (χ0v) is 12.0. The molecule has 0 saturated carbocycles. The van der Waals surface area contributed by atoms with Crippen molar-refractivity contribution in [2.45, 2.75) is 13.3 Å². The van der Waals surface area contributed by atoms with E-state index >= 15 is 0 Å². The lowest BCUT2D eigenvalue weighted by Crippen LogP contribution is -2.23. The largest absolute Gasteiger partial charge is 0.369 e. The number of nitrogens with zero attached hydrogens (tertiary/aromatic N) is 3. The Labute approximate surface area is 112 Å². The molecule has 5 nitrogen and oxygen atoms in total. The second-order valence-electron chi connectivity index (χ2n) is 3.98. The van der Waals surface area contributed by atoms with E-state index < -0.39 is 0 Å². The van der Waals surface area contributed by atoms with Gasteiger partial charge in [0.1, 0.15) is 5.82 Å². The minimum Gasteiger partial charge on any atom is -0.369 e. The quantitative estimate of drug-likeness (QED) is 0.763. The molecule has 0 bridgehead atoms. The lowest BCUT2D eigenvalue weighted by molar-refractivity contribution is 0.0821. The highest BCUT2D eigenvalue weighted by molar-refractivity contribution is 7.99. The van der Waals surface area contributed by atoms with E-state index in [1.54, 1.807) is 26.2 Å². The van der Waals surface area contributed by atoms with E-state index in [9.17, 15) is 4.79 Å². The maximum Gasteiger partial charge on any atom is 0.273 e. The van der Waals surface area contributed by atoms with Crippen LogP contribution < -0.4 is 5.32 Å². The fraction of sp³-hybridized carbons (Fsp3) is 0.583. The molecule has 0 aromatic carbocycles. The lowest BCUT2D eigenvalue weighted by atomic mass is 10.3. The average Bonchev–Trinajstić information content (AvgIpc) is 2.38. The van der Waals surface area contributed by atoms with Crippen molar-refractivity contribution in [2.24, 2.45) is 0 Å². The van der Waals surface area contributed by atoms with Crippen LogP contribution in [0.25, 0.3) is 0 Å². The van der Waals surface area contributed by atoms with Crippen molar-refractivity contribution in [3.63, 3.8) is 0 Å². The molecule has 0 atom stereocenters. The van der Waals surface area contributed by atoms with Gasteiger partial charge in [-0.15, -0.1) is 10.2 Å². The van der Waals surface area contributed by atoms with E-state index in [0.717, 1.165) is 24.5 Å². The number of carbonyl (C=O) groups excluding carboxylic acids is 1. The predicted octanol–water partition coefficient (Wildman–Crippen LogP) is 1.73. The first kappa shape index (κ1) is 14.8. The monoisotopic (exact) mass is 268 g/mol. The van der Waals surface area contributed by atoms with Gasteiger partial charge in [-0.25, -0.2) is 0 Å². The average molecular weight is 268 g/mol. The minimum atomic E-state index is -0.131. The van der Waals surface area contributed by atoms with Crippen molar-refractivity contribution in [3.8, 4) is 0 Å². The van der Waals surface area contributed by atoms with E-state index in [-0.39, 0.29) is 5.91 Å². The smallest absolute Gasteiger partial charge is 0.273 e. The van der Waals surface area contributed by atoms with Crippen molar-refractivity contribution in [2.75, 3.05) is 37.5 Å². The first-order valence-corrected chi connectivity index (χ1v) is 7.17. The molecule has 1 amide bonds. The van der Waals surface area contributed by atoms with Gasteiger partial charge in [-0.3, -0.25) is 4.79 Å². The molecule has 0 radical (unpaired) electrons. The van der Waals surface area contributed by atoms with Crippen LogP contribution in [0.2, 0.25) is 0 Å². The molecule has 18 heavy (non-hydrogen) atoms. The first-order chi connectivity index (χ1) is 8.65. The van der Waals surface area contributed by atoms with Crippen molar-refractivity contribution in [1.82, 2.24) is 15.1 Å². The number of thioether (sulfide) groups is 1. The molecule has 0 spiro atoms. The SMILES string of the molecule is CCSCCCNc1ccc(C(=O)N(C)C)nn1. The molecule has 0 aliphatic carbocycles. The Morgan fingerprint density at radius 3 is 2.72 bits per heavy atom. The molecule has 1 aromatic rings. The number of amides is 1. The molecule has 0 fully saturated rings. The summed E-state index contributed by atoms with van der Waals surface area (Å²) in [5.41, 5.74) is 0.368. The summed E-state index contributed by atoms with van der Waals surface area (Å²) in [6, 6.07) is 3.48. The molecule has 6 heteroatoms. The van der Waals surface area contributed by atoms with Crippen LogP contribution in [0.3, 0.4) is 0 Å². The minimum absolute atomic E-state index is 0.131. The summed E-state index contributed by atoms with van der Waals surface area (Å²) in [6.07, 6.45) is 1.10. The Morgan fingerprint density at radius 2 is 2.17 bits per heavy atom. The third-order valence-corrected chi connectivity index (χ3v) is 3.25. The summed E-state index contributed by atoms with van der Waals surface area (Å²) in [7, 11) is 3.39. The Hall–Kier alpha value is -1.30. The van der Waals surface area contributed by atoms with Gasteiger partial charge in [0.25, 0.3) is 5.91 Å². The Balaban J connectivity index is 2.38. The molecule has 1 N–H and O–H groups in total. The third-order valence-electron chi connectivity index (χ3n) is 2.27. The van der Waals surface area contributed by atoms with E-state index in [4.69, 9.17) is 0 Å². The molecule has 0 saturated heterocycles. The zero-order chi connectivity index (χ0) is 13.4. The fourth-order valence-corrected chi connectivity index (χ4v) is 1.94. The summed E-state index contributed by atoms with van der Waals surface area (Å²) in [5, 5.41) is 11.1. The second kappa shape index (κ2) is 7.92. The number of anilines is 1. The zero-order valence-electron chi connectivity index (χ0n) is 11.1. The van der Waals surface area contributed by atoms with Gasteiger partial charge in [-0.2, -0.15) is 11.8 Å². The molecule has 0 aliphatic rings. The summed E-state index contributed by atoms with van der Waals surface area (Å²) >= 11 is 1.93. The van der Waals surface area contributed by atoms with Gasteiger partial charge in [0, 0.05) is 20.6 Å². The number of carbonyl (C=O) groups is 1. The van der Waals surface area contributed by atoms with Crippen molar-refractivity contribution < 1.29 is 4.79 Å². The first-order valence-electron chi connectivity index (χ1n) is 6.02. The molecule has 0 aliphatic heterocycles. The maximum atomic E-state index is 11.6. The van der Waals surface area contributed by atoms with Gasteiger partial charge in [0.05, 0.1) is 0 Å². The van der Waals surface area contributed by atoms with E-state index in [1.165, 1.54) is 4.90 Å². The summed E-state index contributed by atoms with van der Waals surface area (Å²) < 4.78 is 0. The number of aromatic nitrogens is 2. The van der Waals surface area contributed by atoms with Crippen LogP contribution in [0.1, 0.15) is 23.8 Å². The number of nitrogens with one attached hydrogen (secondary N) is 1. The lowest BCUT2D eigenvalue weighted by Gasteiger charge is -2.09. The van der Waals surface area contributed by atoms with Gasteiger partial charge < -0.3 is 10.2 Å². The molecular formula is C12H20N4OS. The predicted molar refractivity (Wildman–Crippen MR) is 76.2 cm³/mol. The highest BCUT2D eigenvalue weighted by Gasteiger charge is 2.09. The van der Waals surface area contributed by atoms with Crippen LogP contribution >= 0.6 is 11.8 Å². The molecule has 1 aromatic heterocycles. The second-order valence-corrected chi connectivity index (χ2v) is 5.37. The number of hydrogen-bond donors (Lipinski definition) is 1. The van der Waals surface area contributed by atoms with Gasteiger partial charge in [0.2, 0.25) is 0 Å². The normalized spacial score (nSPS) is 10.2. The standard InChI is InChI=1S/C12H20N4OS/c1-4-18-9-5-8-13-11-7-6-10(14-15-11)12(17)16(2)3/h6-7H,4-5,8-9H2,1-3H3,(H,13,15). The highest BCUT2D eigenvalue weighted by atomic mass is 32.2. The van der Waals surface area contributed by atoms with Gasteiger partial charge in [-0.1, -0.05) is 6.92 Å². The van der Waals surface area contributed by atoms with Crippen molar-refractivity contribution in [3.05, 3.63) is 17.8 Å². The summed E-state index contributed by atoms with van der Waals surface area (Å²) in [4.78, 5) is 13.1. The molecule has 1 heterocycles. The number of hydrogen-bond acceptors (Lipinski definition) is 5. The van der Waals surface area contributed by atoms with Crippen LogP contribution in [0.4, 0.5) is 5.82 Å². The van der Waals surface area contributed by atoms with Crippen LogP contribution in [0, 0.1) is 0 Å². The van der Waals surface area contributed by atoms with Crippen LogP contribution in [-0.2, 0) is 0 Å².